The molecule has 0 bridgehead atoms. The van der Waals surface area contributed by atoms with Crippen molar-refractivity contribution < 1.29 is 18.7 Å². The molecule has 2 aromatic heterocycles. The lowest BCUT2D eigenvalue weighted by Gasteiger charge is -2.27. The number of aryl methyl sites for hydroxylation is 1. The molecular weight excluding hydrogens is 492 g/mol. The summed E-state index contributed by atoms with van der Waals surface area (Å²) in [6.45, 7) is 2.71. The third kappa shape index (κ3) is 4.53. The van der Waals surface area contributed by atoms with Crippen LogP contribution in [0.25, 0.3) is 11.4 Å². The molecule has 4 aromatic rings. The lowest BCUT2D eigenvalue weighted by atomic mass is 9.98. The standard InChI is InChI=1S/C28H27F2N5O3/c1-3-35(19-7-5-4-6-8-19)25-24(22-12-13-33(2)32-22)31-27(37)23(26(25)36)28(38)34-14-11-17(16-34)20-10-9-18(29)15-21(20)30/h4-10,12-13,15,17H,3,11,14,16H2,1-2H3,(H2,31,36,37). The van der Waals surface area contributed by atoms with Gasteiger partial charge in [0, 0.05) is 50.6 Å². The largest absolute Gasteiger partial charge is 0.505 e. The number of rotatable bonds is 6. The number of amides is 1. The second-order valence-corrected chi connectivity index (χ2v) is 9.26. The number of halogens is 2. The fourth-order valence-electron chi connectivity index (χ4n) is 5.04. The monoisotopic (exact) mass is 519 g/mol. The maximum Gasteiger partial charge on any atom is 0.265 e. The van der Waals surface area contributed by atoms with Gasteiger partial charge >= 0.3 is 0 Å². The number of hydrogen-bond donors (Lipinski definition) is 2. The van der Waals surface area contributed by atoms with Crippen molar-refractivity contribution in [2.45, 2.75) is 19.3 Å². The fraction of sp³-hybridized carbons (Fsp3) is 0.250. The normalized spacial score (nSPS) is 15.2. The molecule has 1 amide bonds. The van der Waals surface area contributed by atoms with Crippen LogP contribution in [0.1, 0.15) is 35.2 Å². The summed E-state index contributed by atoms with van der Waals surface area (Å²) in [5.74, 6) is -2.82. The fourth-order valence-corrected chi connectivity index (χ4v) is 5.04. The lowest BCUT2D eigenvalue weighted by Crippen LogP contribution is -2.34. The first-order valence-electron chi connectivity index (χ1n) is 12.3. The molecule has 1 aliphatic heterocycles. The molecule has 2 N–H and O–H groups in total. The Labute approximate surface area is 217 Å². The molecule has 10 heteroatoms. The lowest BCUT2D eigenvalue weighted by molar-refractivity contribution is 0.0785. The zero-order valence-electron chi connectivity index (χ0n) is 21.0. The molecule has 1 saturated heterocycles. The number of carbonyl (C=O) groups excluding carboxylic acids is 1. The molecule has 8 nitrogen and oxygen atoms in total. The predicted octanol–water partition coefficient (Wildman–Crippen LogP) is 4.55. The molecule has 38 heavy (non-hydrogen) atoms. The third-order valence-corrected chi connectivity index (χ3v) is 6.88. The number of pyridine rings is 1. The maximum absolute atomic E-state index is 14.4. The number of benzene rings is 2. The number of carbonyl (C=O) groups is 1. The Balaban J connectivity index is 1.57. The van der Waals surface area contributed by atoms with Gasteiger partial charge < -0.3 is 19.9 Å². The van der Waals surface area contributed by atoms with Gasteiger partial charge in [0.2, 0.25) is 0 Å². The molecule has 1 aliphatic rings. The minimum atomic E-state index is -0.752. The maximum atomic E-state index is 14.4. The van der Waals surface area contributed by atoms with Gasteiger partial charge in [0.1, 0.15) is 28.6 Å². The van der Waals surface area contributed by atoms with Crippen LogP contribution in [0.5, 0.6) is 5.75 Å². The van der Waals surface area contributed by atoms with Crippen LogP contribution in [0, 0.1) is 11.6 Å². The summed E-state index contributed by atoms with van der Waals surface area (Å²) in [6.07, 6.45) is 2.15. The van der Waals surface area contributed by atoms with E-state index in [9.17, 15) is 23.5 Å². The highest BCUT2D eigenvalue weighted by atomic mass is 19.1. The van der Waals surface area contributed by atoms with Crippen molar-refractivity contribution in [1.29, 1.82) is 0 Å². The van der Waals surface area contributed by atoms with Crippen LogP contribution in [-0.2, 0) is 7.05 Å². The van der Waals surface area contributed by atoms with Gasteiger partial charge in [-0.15, -0.1) is 0 Å². The third-order valence-electron chi connectivity index (χ3n) is 6.88. The summed E-state index contributed by atoms with van der Waals surface area (Å²) in [5, 5.41) is 15.9. The highest BCUT2D eigenvalue weighted by Crippen LogP contribution is 2.41. The number of aromatic hydroxyl groups is 1. The Morgan fingerprint density at radius 2 is 1.95 bits per heavy atom. The second-order valence-electron chi connectivity index (χ2n) is 9.26. The van der Waals surface area contributed by atoms with Gasteiger partial charge in [0.25, 0.3) is 11.5 Å². The molecule has 0 aliphatic carbocycles. The molecule has 0 saturated carbocycles. The number of nitrogens with zero attached hydrogens (tertiary/aromatic N) is 4. The van der Waals surface area contributed by atoms with E-state index in [0.29, 0.717) is 24.2 Å². The smallest absolute Gasteiger partial charge is 0.265 e. The van der Waals surface area contributed by atoms with E-state index in [1.54, 1.807) is 28.9 Å². The Hall–Kier alpha value is -4.47. The van der Waals surface area contributed by atoms with Gasteiger partial charge in [-0.05, 0) is 43.2 Å². The molecule has 1 atom stereocenters. The van der Waals surface area contributed by atoms with Gasteiger partial charge in [-0.25, -0.2) is 8.78 Å². The molecule has 0 radical (unpaired) electrons. The molecule has 2 aromatic carbocycles. The average Bonchev–Trinajstić information content (AvgIpc) is 3.56. The van der Waals surface area contributed by atoms with Crippen molar-refractivity contribution in [3.05, 3.63) is 93.9 Å². The van der Waals surface area contributed by atoms with Crippen molar-refractivity contribution in [2.24, 2.45) is 7.05 Å². The Morgan fingerprint density at radius 1 is 1.18 bits per heavy atom. The number of para-hydroxylation sites is 1. The topological polar surface area (TPSA) is 94.5 Å². The molecule has 5 rings (SSSR count). The summed E-state index contributed by atoms with van der Waals surface area (Å²) in [4.78, 5) is 32.9. The molecule has 196 valence electrons. The van der Waals surface area contributed by atoms with Gasteiger partial charge in [-0.1, -0.05) is 24.3 Å². The minimum absolute atomic E-state index is 0.133. The van der Waals surface area contributed by atoms with Crippen LogP contribution in [0.3, 0.4) is 0 Å². The van der Waals surface area contributed by atoms with Crippen LogP contribution in [0.4, 0.5) is 20.2 Å². The Kier molecular flexibility index (Phi) is 6.71. The highest BCUT2D eigenvalue weighted by Gasteiger charge is 2.34. The number of anilines is 2. The summed E-state index contributed by atoms with van der Waals surface area (Å²) in [6, 6.07) is 14.4. The van der Waals surface area contributed by atoms with Gasteiger partial charge in [-0.2, -0.15) is 5.10 Å². The van der Waals surface area contributed by atoms with Crippen molar-refractivity contribution in [2.75, 3.05) is 24.5 Å². The van der Waals surface area contributed by atoms with Gasteiger partial charge in [-0.3, -0.25) is 14.3 Å². The van der Waals surface area contributed by atoms with Crippen LogP contribution < -0.4 is 10.5 Å². The van der Waals surface area contributed by atoms with E-state index >= 15 is 0 Å². The Bertz CT molecular complexity index is 1550. The zero-order valence-corrected chi connectivity index (χ0v) is 21.0. The predicted molar refractivity (Wildman–Crippen MR) is 140 cm³/mol. The first-order chi connectivity index (χ1) is 18.3. The van der Waals surface area contributed by atoms with Crippen LogP contribution in [0.2, 0.25) is 0 Å². The quantitative estimate of drug-likeness (QED) is 0.390. The first kappa shape index (κ1) is 25.2. The van der Waals surface area contributed by atoms with Crippen molar-refractivity contribution in [3.63, 3.8) is 0 Å². The summed E-state index contributed by atoms with van der Waals surface area (Å²) < 4.78 is 29.3. The van der Waals surface area contributed by atoms with E-state index in [2.05, 4.69) is 10.1 Å². The molecular formula is C28H27F2N5O3. The van der Waals surface area contributed by atoms with Crippen LogP contribution >= 0.6 is 0 Å². The summed E-state index contributed by atoms with van der Waals surface area (Å²) in [7, 11) is 1.74. The van der Waals surface area contributed by atoms with Crippen molar-refractivity contribution in [1.82, 2.24) is 19.7 Å². The number of nitrogens with one attached hydrogen (secondary N) is 1. The molecule has 0 spiro atoms. The molecule has 3 heterocycles. The number of aromatic amines is 1. The van der Waals surface area contributed by atoms with Crippen molar-refractivity contribution >= 4 is 17.3 Å². The van der Waals surface area contributed by atoms with Crippen LogP contribution in [-0.4, -0.2) is 50.3 Å². The highest BCUT2D eigenvalue weighted by molar-refractivity contribution is 6.00. The van der Waals surface area contributed by atoms with E-state index in [1.807, 2.05) is 37.3 Å². The van der Waals surface area contributed by atoms with E-state index < -0.39 is 34.4 Å². The number of aromatic nitrogens is 3. The van der Waals surface area contributed by atoms with E-state index in [1.165, 1.54) is 17.0 Å². The Morgan fingerprint density at radius 3 is 2.61 bits per heavy atom. The number of likely N-dealkylation sites (tertiary alicyclic amines) is 1. The molecule has 1 unspecified atom stereocenters. The van der Waals surface area contributed by atoms with Gasteiger partial charge in [0.05, 0.1) is 5.69 Å². The van der Waals surface area contributed by atoms with E-state index in [0.717, 1.165) is 11.8 Å². The zero-order chi connectivity index (χ0) is 27.0. The number of hydrogen-bond acceptors (Lipinski definition) is 5. The molecule has 1 fully saturated rings. The summed E-state index contributed by atoms with van der Waals surface area (Å²) in [5.41, 5.74) is 0.875. The van der Waals surface area contributed by atoms with E-state index in [4.69, 9.17) is 0 Å². The number of H-pyrrole nitrogens is 1. The second kappa shape index (κ2) is 10.1. The first-order valence-corrected chi connectivity index (χ1v) is 12.3. The summed E-state index contributed by atoms with van der Waals surface area (Å²) >= 11 is 0. The van der Waals surface area contributed by atoms with Gasteiger partial charge in [0.15, 0.2) is 5.75 Å². The SMILES string of the molecule is CCN(c1ccccc1)c1c(-c2ccn(C)n2)[nH]c(=O)c(C(=O)N2CCC(c3ccc(F)cc3F)C2)c1O. The van der Waals surface area contributed by atoms with Crippen molar-refractivity contribution in [3.8, 4) is 17.1 Å². The van der Waals surface area contributed by atoms with Crippen LogP contribution in [0.15, 0.2) is 65.6 Å². The van der Waals surface area contributed by atoms with E-state index in [-0.39, 0.29) is 30.4 Å². The average molecular weight is 520 g/mol. The minimum Gasteiger partial charge on any atom is -0.505 e.